The number of nitrogens with two attached hydrogens (primary N) is 1. The Morgan fingerprint density at radius 2 is 2.12 bits per heavy atom. The molecule has 3 aliphatic rings. The largest absolute Gasteiger partial charge is 0.353 e. The molecule has 3 fully saturated rings. The Morgan fingerprint density at radius 3 is 2.59 bits per heavy atom. The fourth-order valence-electron chi connectivity index (χ4n) is 4.15. The zero-order chi connectivity index (χ0) is 11.9. The molecule has 3 heteroatoms. The molecular weight excluding hydrogens is 212 g/mol. The third kappa shape index (κ3) is 2.10. The number of hydrogen-bond acceptors (Lipinski definition) is 2. The molecule has 1 amide bonds. The van der Waals surface area contributed by atoms with Gasteiger partial charge in [0.25, 0.3) is 0 Å². The van der Waals surface area contributed by atoms with Crippen molar-refractivity contribution in [3.05, 3.63) is 0 Å². The first kappa shape index (κ1) is 11.5. The molecule has 0 spiro atoms. The molecule has 3 aliphatic carbocycles. The van der Waals surface area contributed by atoms with E-state index in [1.165, 1.54) is 32.1 Å². The summed E-state index contributed by atoms with van der Waals surface area (Å²) in [7, 11) is 0. The molecule has 0 aromatic heterocycles. The van der Waals surface area contributed by atoms with Gasteiger partial charge in [-0.25, -0.2) is 0 Å². The van der Waals surface area contributed by atoms with Crippen molar-refractivity contribution in [2.45, 2.75) is 57.4 Å². The van der Waals surface area contributed by atoms with Gasteiger partial charge < -0.3 is 11.1 Å². The van der Waals surface area contributed by atoms with Crippen LogP contribution in [0.1, 0.15) is 51.4 Å². The molecule has 3 rings (SSSR count). The Labute approximate surface area is 104 Å². The molecule has 0 aromatic carbocycles. The SMILES string of the molecule is NCC1(CC(=O)NC2CC3CCC2C3)CCC1. The summed E-state index contributed by atoms with van der Waals surface area (Å²) in [6, 6.07) is 0.483. The van der Waals surface area contributed by atoms with E-state index in [4.69, 9.17) is 5.73 Å². The monoisotopic (exact) mass is 236 g/mol. The van der Waals surface area contributed by atoms with E-state index in [-0.39, 0.29) is 11.3 Å². The second kappa shape index (κ2) is 4.27. The average Bonchev–Trinajstić information content (AvgIpc) is 2.85. The van der Waals surface area contributed by atoms with Crippen LogP contribution in [0.25, 0.3) is 0 Å². The lowest BCUT2D eigenvalue weighted by atomic mass is 9.66. The fourth-order valence-corrected chi connectivity index (χ4v) is 4.15. The average molecular weight is 236 g/mol. The van der Waals surface area contributed by atoms with Crippen molar-refractivity contribution in [1.29, 1.82) is 0 Å². The van der Waals surface area contributed by atoms with E-state index in [0.717, 1.165) is 24.7 Å². The van der Waals surface area contributed by atoms with Crippen LogP contribution in [0.15, 0.2) is 0 Å². The zero-order valence-corrected chi connectivity index (χ0v) is 10.6. The third-order valence-corrected chi connectivity index (χ3v) is 5.47. The van der Waals surface area contributed by atoms with Crippen molar-refractivity contribution in [3.8, 4) is 0 Å². The maximum absolute atomic E-state index is 12.1. The lowest BCUT2D eigenvalue weighted by molar-refractivity contribution is -0.125. The Kier molecular flexibility index (Phi) is 2.89. The zero-order valence-electron chi connectivity index (χ0n) is 10.6. The first-order chi connectivity index (χ1) is 8.21. The van der Waals surface area contributed by atoms with Crippen molar-refractivity contribution < 1.29 is 4.79 Å². The highest BCUT2D eigenvalue weighted by molar-refractivity contribution is 5.77. The van der Waals surface area contributed by atoms with Gasteiger partial charge >= 0.3 is 0 Å². The highest BCUT2D eigenvalue weighted by Gasteiger charge is 2.42. The minimum absolute atomic E-state index is 0.154. The van der Waals surface area contributed by atoms with E-state index in [0.29, 0.717) is 19.0 Å². The van der Waals surface area contributed by atoms with Crippen LogP contribution in [0, 0.1) is 17.3 Å². The van der Waals surface area contributed by atoms with E-state index in [1.54, 1.807) is 0 Å². The van der Waals surface area contributed by atoms with Crippen LogP contribution in [0.4, 0.5) is 0 Å². The Balaban J connectivity index is 1.50. The molecule has 0 saturated heterocycles. The highest BCUT2D eigenvalue weighted by atomic mass is 16.1. The molecule has 0 heterocycles. The van der Waals surface area contributed by atoms with Crippen molar-refractivity contribution in [2.75, 3.05) is 6.54 Å². The lowest BCUT2D eigenvalue weighted by Gasteiger charge is -2.40. The predicted molar refractivity (Wildman–Crippen MR) is 67.3 cm³/mol. The van der Waals surface area contributed by atoms with Gasteiger partial charge in [0.05, 0.1) is 0 Å². The van der Waals surface area contributed by atoms with Gasteiger partial charge in [-0.3, -0.25) is 4.79 Å². The summed E-state index contributed by atoms with van der Waals surface area (Å²) in [6.45, 7) is 0.678. The van der Waals surface area contributed by atoms with Crippen LogP contribution in [0.2, 0.25) is 0 Å². The molecule has 0 aromatic rings. The molecule has 3 nitrogen and oxygen atoms in total. The molecular formula is C14H24N2O. The lowest BCUT2D eigenvalue weighted by Crippen LogP contribution is -2.45. The third-order valence-electron chi connectivity index (χ3n) is 5.47. The molecule has 3 atom stereocenters. The summed E-state index contributed by atoms with van der Waals surface area (Å²) in [6.07, 6.45) is 9.51. The normalized spacial score (nSPS) is 37.8. The first-order valence-electron chi connectivity index (χ1n) is 7.20. The van der Waals surface area contributed by atoms with Gasteiger partial charge in [0, 0.05) is 12.5 Å². The van der Waals surface area contributed by atoms with Crippen LogP contribution in [-0.2, 0) is 4.79 Å². The molecule has 0 radical (unpaired) electrons. The summed E-state index contributed by atoms with van der Waals surface area (Å²) in [4.78, 5) is 12.1. The van der Waals surface area contributed by atoms with Crippen LogP contribution in [-0.4, -0.2) is 18.5 Å². The van der Waals surface area contributed by atoms with E-state index in [2.05, 4.69) is 5.32 Å². The van der Waals surface area contributed by atoms with E-state index >= 15 is 0 Å². The minimum atomic E-state index is 0.154. The quantitative estimate of drug-likeness (QED) is 0.782. The van der Waals surface area contributed by atoms with Gasteiger partial charge in [0.15, 0.2) is 0 Å². The number of carbonyl (C=O) groups excluding carboxylic acids is 1. The van der Waals surface area contributed by atoms with Crippen molar-refractivity contribution >= 4 is 5.91 Å². The van der Waals surface area contributed by atoms with Crippen molar-refractivity contribution in [1.82, 2.24) is 5.32 Å². The standard InChI is InChI=1S/C14H24N2O/c15-9-14(4-1-5-14)8-13(17)16-12-7-10-2-3-11(12)6-10/h10-12H,1-9,15H2,(H,16,17). The Hall–Kier alpha value is -0.570. The number of nitrogens with one attached hydrogen (secondary N) is 1. The van der Waals surface area contributed by atoms with Gasteiger partial charge in [-0.05, 0) is 55.9 Å². The summed E-state index contributed by atoms with van der Waals surface area (Å²) in [5, 5.41) is 3.27. The van der Waals surface area contributed by atoms with Crippen molar-refractivity contribution in [2.24, 2.45) is 23.0 Å². The second-order valence-electron chi connectivity index (χ2n) is 6.58. The Morgan fingerprint density at radius 1 is 1.29 bits per heavy atom. The fraction of sp³-hybridized carbons (Fsp3) is 0.929. The summed E-state index contributed by atoms with van der Waals surface area (Å²) < 4.78 is 0. The summed E-state index contributed by atoms with van der Waals surface area (Å²) in [5.74, 6) is 1.93. The summed E-state index contributed by atoms with van der Waals surface area (Å²) in [5.41, 5.74) is 5.96. The molecule has 3 N–H and O–H groups in total. The van der Waals surface area contributed by atoms with Crippen LogP contribution < -0.4 is 11.1 Å². The van der Waals surface area contributed by atoms with Gasteiger partial charge in [-0.15, -0.1) is 0 Å². The predicted octanol–water partition coefficient (Wildman–Crippen LogP) is 1.81. The van der Waals surface area contributed by atoms with Crippen LogP contribution in [0.3, 0.4) is 0 Å². The number of rotatable bonds is 4. The number of carbonyl (C=O) groups is 1. The molecule has 17 heavy (non-hydrogen) atoms. The molecule has 2 bridgehead atoms. The topological polar surface area (TPSA) is 55.1 Å². The second-order valence-corrected chi connectivity index (χ2v) is 6.58. The van der Waals surface area contributed by atoms with E-state index < -0.39 is 0 Å². The number of amides is 1. The molecule has 96 valence electrons. The molecule has 3 unspecified atom stereocenters. The highest BCUT2D eigenvalue weighted by Crippen LogP contribution is 2.45. The van der Waals surface area contributed by atoms with Crippen LogP contribution in [0.5, 0.6) is 0 Å². The maximum atomic E-state index is 12.1. The smallest absolute Gasteiger partial charge is 0.220 e. The Bertz CT molecular complexity index is 306. The van der Waals surface area contributed by atoms with Crippen molar-refractivity contribution in [3.63, 3.8) is 0 Å². The van der Waals surface area contributed by atoms with Gasteiger partial charge in [0.2, 0.25) is 5.91 Å². The van der Waals surface area contributed by atoms with E-state index in [9.17, 15) is 4.79 Å². The van der Waals surface area contributed by atoms with E-state index in [1.807, 2.05) is 0 Å². The van der Waals surface area contributed by atoms with Gasteiger partial charge in [0.1, 0.15) is 0 Å². The first-order valence-corrected chi connectivity index (χ1v) is 7.20. The molecule has 3 saturated carbocycles. The van der Waals surface area contributed by atoms with Crippen LogP contribution >= 0.6 is 0 Å². The van der Waals surface area contributed by atoms with Gasteiger partial charge in [-0.2, -0.15) is 0 Å². The molecule has 0 aliphatic heterocycles. The maximum Gasteiger partial charge on any atom is 0.220 e. The summed E-state index contributed by atoms with van der Waals surface area (Å²) >= 11 is 0. The minimum Gasteiger partial charge on any atom is -0.353 e. The number of fused-ring (bicyclic) bond motifs is 2. The number of hydrogen-bond donors (Lipinski definition) is 2. The van der Waals surface area contributed by atoms with Gasteiger partial charge in [-0.1, -0.05) is 12.8 Å².